The van der Waals surface area contributed by atoms with Crippen molar-refractivity contribution in [3.05, 3.63) is 27.9 Å². The summed E-state index contributed by atoms with van der Waals surface area (Å²) in [4.78, 5) is 19.3. The predicted octanol–water partition coefficient (Wildman–Crippen LogP) is 1.84. The van der Waals surface area contributed by atoms with Crippen LogP contribution >= 0.6 is 0 Å². The average molecular weight is 308 g/mol. The van der Waals surface area contributed by atoms with Gasteiger partial charge in [-0.05, 0) is 26.8 Å². The largest absolute Gasteiger partial charge is 0.373 e. The number of hydrogen-bond acceptors (Lipinski definition) is 6. The van der Waals surface area contributed by atoms with Crippen molar-refractivity contribution < 1.29 is 9.66 Å². The first kappa shape index (κ1) is 16.6. The zero-order chi connectivity index (χ0) is 16.3. The van der Waals surface area contributed by atoms with Crippen LogP contribution in [0.25, 0.3) is 0 Å². The second kappa shape index (κ2) is 7.02. The van der Waals surface area contributed by atoms with Crippen molar-refractivity contribution >= 4 is 11.5 Å². The molecular formula is C15H24N4O3. The van der Waals surface area contributed by atoms with Gasteiger partial charge in [0.2, 0.25) is 5.82 Å². The fourth-order valence-electron chi connectivity index (χ4n) is 2.91. The van der Waals surface area contributed by atoms with E-state index < -0.39 is 0 Å². The van der Waals surface area contributed by atoms with Gasteiger partial charge >= 0.3 is 5.69 Å². The number of anilines is 1. The molecule has 0 radical (unpaired) electrons. The summed E-state index contributed by atoms with van der Waals surface area (Å²) in [5, 5.41) is 11.3. The van der Waals surface area contributed by atoms with E-state index in [2.05, 4.69) is 23.7 Å². The molecule has 0 saturated carbocycles. The Morgan fingerprint density at radius 1 is 1.45 bits per heavy atom. The molecule has 0 aromatic carbocycles. The van der Waals surface area contributed by atoms with E-state index in [9.17, 15) is 10.1 Å². The van der Waals surface area contributed by atoms with Crippen molar-refractivity contribution in [1.29, 1.82) is 0 Å². The lowest BCUT2D eigenvalue weighted by Crippen LogP contribution is -2.47. The Morgan fingerprint density at radius 3 is 2.68 bits per heavy atom. The maximum absolute atomic E-state index is 11.3. The molecule has 0 bridgehead atoms. The van der Waals surface area contributed by atoms with E-state index in [0.717, 1.165) is 19.6 Å². The van der Waals surface area contributed by atoms with Gasteiger partial charge in [-0.2, -0.15) is 0 Å². The second-order valence-electron chi connectivity index (χ2n) is 6.00. The lowest BCUT2D eigenvalue weighted by Gasteiger charge is -2.36. The molecule has 0 spiro atoms. The fraction of sp³-hybridized carbons (Fsp3) is 0.667. The fourth-order valence-corrected chi connectivity index (χ4v) is 2.91. The number of rotatable bonds is 5. The Hall–Kier alpha value is -1.73. The van der Waals surface area contributed by atoms with E-state index in [1.54, 1.807) is 19.2 Å². The quantitative estimate of drug-likeness (QED) is 0.610. The van der Waals surface area contributed by atoms with Crippen LogP contribution in [0.3, 0.4) is 0 Å². The van der Waals surface area contributed by atoms with Gasteiger partial charge in [0.25, 0.3) is 0 Å². The minimum atomic E-state index is -0.354. The monoisotopic (exact) mass is 308 g/mol. The first-order valence-electron chi connectivity index (χ1n) is 7.57. The zero-order valence-corrected chi connectivity index (χ0v) is 13.7. The lowest BCUT2D eigenvalue weighted by atomic mass is 10.2. The molecule has 1 saturated heterocycles. The van der Waals surface area contributed by atoms with Gasteiger partial charge in [0.15, 0.2) is 0 Å². The highest BCUT2D eigenvalue weighted by Crippen LogP contribution is 2.27. The molecule has 1 aliphatic rings. The molecular weight excluding hydrogens is 284 g/mol. The van der Waals surface area contributed by atoms with E-state index in [0.29, 0.717) is 17.9 Å². The minimum absolute atomic E-state index is 0.0914. The van der Waals surface area contributed by atoms with Gasteiger partial charge in [-0.1, -0.05) is 0 Å². The van der Waals surface area contributed by atoms with Crippen LogP contribution in [0.5, 0.6) is 0 Å². The number of pyridine rings is 1. The maximum Gasteiger partial charge on any atom is 0.314 e. The second-order valence-corrected chi connectivity index (χ2v) is 6.00. The topological polar surface area (TPSA) is 71.7 Å². The normalized spacial score (nSPS) is 22.5. The molecule has 1 aromatic heterocycles. The number of morpholine rings is 1. The molecule has 1 aliphatic heterocycles. The van der Waals surface area contributed by atoms with Crippen LogP contribution in [0.2, 0.25) is 0 Å². The molecule has 2 rings (SSSR count). The third kappa shape index (κ3) is 3.92. The molecule has 0 unspecified atom stereocenters. The van der Waals surface area contributed by atoms with Crippen molar-refractivity contribution in [2.75, 3.05) is 38.1 Å². The van der Waals surface area contributed by atoms with Gasteiger partial charge in [-0.15, -0.1) is 0 Å². The van der Waals surface area contributed by atoms with Crippen LogP contribution in [0.15, 0.2) is 12.3 Å². The number of likely N-dealkylation sites (N-methyl/N-ethyl adjacent to an activating group) is 1. The number of hydrogen-bond donors (Lipinski definition) is 0. The molecule has 0 aliphatic carbocycles. The van der Waals surface area contributed by atoms with Crippen molar-refractivity contribution in [2.24, 2.45) is 0 Å². The molecule has 22 heavy (non-hydrogen) atoms. The molecule has 1 aromatic rings. The Kier molecular flexibility index (Phi) is 5.31. The summed E-state index contributed by atoms with van der Waals surface area (Å²) in [7, 11) is 1.85. The van der Waals surface area contributed by atoms with Gasteiger partial charge < -0.3 is 9.64 Å². The van der Waals surface area contributed by atoms with Crippen LogP contribution in [0.1, 0.15) is 19.4 Å². The SMILES string of the molecule is Cc1ccnc(N(C)CCN2C[C@@H](C)O[C@@H](C)C2)c1[N+](=O)[O-]. The highest BCUT2D eigenvalue weighted by atomic mass is 16.6. The van der Waals surface area contributed by atoms with E-state index >= 15 is 0 Å². The Labute approximate surface area is 131 Å². The molecule has 2 heterocycles. The molecule has 7 heteroatoms. The molecule has 2 atom stereocenters. The van der Waals surface area contributed by atoms with Crippen LogP contribution in [-0.2, 0) is 4.74 Å². The van der Waals surface area contributed by atoms with E-state index in [1.807, 2.05) is 11.9 Å². The summed E-state index contributed by atoms with van der Waals surface area (Å²) >= 11 is 0. The minimum Gasteiger partial charge on any atom is -0.373 e. The van der Waals surface area contributed by atoms with Crippen LogP contribution < -0.4 is 4.90 Å². The van der Waals surface area contributed by atoms with Gasteiger partial charge in [0, 0.05) is 45.0 Å². The summed E-state index contributed by atoms with van der Waals surface area (Å²) in [5.74, 6) is 0.430. The summed E-state index contributed by atoms with van der Waals surface area (Å²) in [6.45, 7) is 9.18. The van der Waals surface area contributed by atoms with Crippen LogP contribution in [-0.4, -0.2) is 60.2 Å². The smallest absolute Gasteiger partial charge is 0.314 e. The molecule has 0 amide bonds. The Bertz CT molecular complexity index is 528. The summed E-state index contributed by atoms with van der Waals surface area (Å²) in [5.41, 5.74) is 0.726. The predicted molar refractivity (Wildman–Crippen MR) is 85.3 cm³/mol. The molecule has 0 N–H and O–H groups in total. The Balaban J connectivity index is 2.02. The number of nitrogens with zero attached hydrogens (tertiary/aromatic N) is 4. The third-order valence-electron chi connectivity index (χ3n) is 3.90. The number of aromatic nitrogens is 1. The zero-order valence-electron chi connectivity index (χ0n) is 13.7. The highest BCUT2D eigenvalue weighted by Gasteiger charge is 2.24. The standard InChI is InChI=1S/C15H24N4O3/c1-11-5-6-16-15(14(11)19(20)21)17(4)7-8-18-9-12(2)22-13(3)10-18/h5-6,12-13H,7-10H2,1-4H3/t12-,13+. The third-order valence-corrected chi connectivity index (χ3v) is 3.90. The van der Waals surface area contributed by atoms with Crippen molar-refractivity contribution in [1.82, 2.24) is 9.88 Å². The summed E-state index contributed by atoms with van der Waals surface area (Å²) in [6, 6.07) is 1.67. The first-order valence-corrected chi connectivity index (χ1v) is 7.57. The highest BCUT2D eigenvalue weighted by molar-refractivity contribution is 5.61. The average Bonchev–Trinajstić information content (AvgIpc) is 2.43. The number of aryl methyl sites for hydroxylation is 1. The van der Waals surface area contributed by atoms with Gasteiger partial charge in [-0.25, -0.2) is 4.98 Å². The molecule has 7 nitrogen and oxygen atoms in total. The van der Waals surface area contributed by atoms with Crippen molar-refractivity contribution in [2.45, 2.75) is 33.0 Å². The first-order chi connectivity index (χ1) is 10.4. The lowest BCUT2D eigenvalue weighted by molar-refractivity contribution is -0.384. The maximum atomic E-state index is 11.3. The van der Waals surface area contributed by atoms with E-state index in [1.165, 1.54) is 0 Å². The summed E-state index contributed by atoms with van der Waals surface area (Å²) < 4.78 is 5.72. The van der Waals surface area contributed by atoms with Crippen LogP contribution in [0, 0.1) is 17.0 Å². The van der Waals surface area contributed by atoms with Gasteiger partial charge in [0.05, 0.1) is 17.1 Å². The van der Waals surface area contributed by atoms with Crippen molar-refractivity contribution in [3.8, 4) is 0 Å². The number of nitro groups is 1. The Morgan fingerprint density at radius 2 is 2.09 bits per heavy atom. The van der Waals surface area contributed by atoms with Gasteiger partial charge in [0.1, 0.15) is 0 Å². The van der Waals surface area contributed by atoms with Gasteiger partial charge in [-0.3, -0.25) is 15.0 Å². The van der Waals surface area contributed by atoms with E-state index in [-0.39, 0.29) is 22.8 Å². The number of ether oxygens (including phenoxy) is 1. The molecule has 1 fully saturated rings. The van der Waals surface area contributed by atoms with Crippen LogP contribution in [0.4, 0.5) is 11.5 Å². The van der Waals surface area contributed by atoms with E-state index in [4.69, 9.17) is 4.74 Å². The molecule has 122 valence electrons. The van der Waals surface area contributed by atoms with Crippen molar-refractivity contribution in [3.63, 3.8) is 0 Å². The summed E-state index contributed by atoms with van der Waals surface area (Å²) in [6.07, 6.45) is 2.06.